The van der Waals surface area contributed by atoms with Gasteiger partial charge in [-0.3, -0.25) is 19.4 Å². The van der Waals surface area contributed by atoms with Crippen LogP contribution in [-0.4, -0.2) is 76.7 Å². The standard InChI is InChI=1S/C25H41N7O6/c1-4-14(2)19(26)22(35)31-18(13-16-9-6-5-7-10-16)21(34)32-20(15(3)33)23(36)30-17(24(37)38)11-8-12-29-25(27)28/h5-7,9-10,14-15,17-20,33H,4,8,11-13,26H2,1-3H3,(H,30,36)(H,31,35)(H,32,34)(H,37,38)(H4,27,28,29). The summed E-state index contributed by atoms with van der Waals surface area (Å²) in [5.74, 6) is -3.73. The fourth-order valence-corrected chi connectivity index (χ4v) is 3.52. The lowest BCUT2D eigenvalue weighted by Crippen LogP contribution is -2.60. The summed E-state index contributed by atoms with van der Waals surface area (Å²) in [4.78, 5) is 54.3. The van der Waals surface area contributed by atoms with Crippen LogP contribution in [0.4, 0.5) is 0 Å². The molecule has 212 valence electrons. The molecule has 1 aromatic rings. The summed E-state index contributed by atoms with van der Waals surface area (Å²) in [5.41, 5.74) is 17.3. The zero-order valence-corrected chi connectivity index (χ0v) is 22.1. The molecule has 0 aromatic heterocycles. The highest BCUT2D eigenvalue weighted by Gasteiger charge is 2.33. The molecule has 0 heterocycles. The highest BCUT2D eigenvalue weighted by molar-refractivity contribution is 5.94. The van der Waals surface area contributed by atoms with Gasteiger partial charge in [0.2, 0.25) is 17.7 Å². The number of amides is 3. The number of guanidine groups is 1. The van der Waals surface area contributed by atoms with Crippen LogP contribution in [0.25, 0.3) is 0 Å². The molecule has 13 heteroatoms. The average molecular weight is 536 g/mol. The van der Waals surface area contributed by atoms with Crippen LogP contribution in [-0.2, 0) is 25.6 Å². The van der Waals surface area contributed by atoms with E-state index in [1.54, 1.807) is 30.3 Å². The molecular formula is C25H41N7O6. The van der Waals surface area contributed by atoms with Crippen molar-refractivity contribution < 1.29 is 29.4 Å². The third kappa shape index (κ3) is 11.1. The summed E-state index contributed by atoms with van der Waals surface area (Å²) < 4.78 is 0. The van der Waals surface area contributed by atoms with Gasteiger partial charge in [0.15, 0.2) is 5.96 Å². The third-order valence-corrected chi connectivity index (χ3v) is 6.10. The van der Waals surface area contributed by atoms with Crippen LogP contribution in [0, 0.1) is 5.92 Å². The molecular weight excluding hydrogens is 494 g/mol. The van der Waals surface area contributed by atoms with E-state index in [1.165, 1.54) is 6.92 Å². The highest BCUT2D eigenvalue weighted by atomic mass is 16.4. The molecule has 1 rings (SSSR count). The normalized spacial score (nSPS) is 15.6. The van der Waals surface area contributed by atoms with Gasteiger partial charge in [0.25, 0.3) is 0 Å². The number of aliphatic imine (C=N–C) groups is 1. The van der Waals surface area contributed by atoms with E-state index in [0.717, 1.165) is 5.56 Å². The number of benzene rings is 1. The van der Waals surface area contributed by atoms with Gasteiger partial charge in [-0.15, -0.1) is 0 Å². The van der Waals surface area contributed by atoms with Gasteiger partial charge < -0.3 is 43.4 Å². The minimum absolute atomic E-state index is 0.0124. The van der Waals surface area contributed by atoms with Crippen LogP contribution in [0.15, 0.2) is 35.3 Å². The zero-order valence-electron chi connectivity index (χ0n) is 22.1. The predicted octanol–water partition coefficient (Wildman–Crippen LogP) is -1.42. The van der Waals surface area contributed by atoms with E-state index in [-0.39, 0.29) is 37.7 Å². The Kier molecular flexibility index (Phi) is 13.8. The number of hydrogen-bond donors (Lipinski definition) is 8. The summed E-state index contributed by atoms with van der Waals surface area (Å²) in [5, 5.41) is 27.1. The van der Waals surface area contributed by atoms with Crippen molar-refractivity contribution in [2.45, 2.75) is 76.7 Å². The number of nitrogens with one attached hydrogen (secondary N) is 3. The Morgan fingerprint density at radius 2 is 1.55 bits per heavy atom. The molecule has 0 aliphatic rings. The van der Waals surface area contributed by atoms with Crippen molar-refractivity contribution in [3.63, 3.8) is 0 Å². The quantitative estimate of drug-likeness (QED) is 0.0703. The zero-order chi connectivity index (χ0) is 28.8. The van der Waals surface area contributed by atoms with Gasteiger partial charge in [0.1, 0.15) is 18.1 Å². The molecule has 0 spiro atoms. The minimum Gasteiger partial charge on any atom is -0.480 e. The lowest BCUT2D eigenvalue weighted by Gasteiger charge is -2.27. The van der Waals surface area contributed by atoms with E-state index < -0.39 is 54.0 Å². The maximum Gasteiger partial charge on any atom is 0.326 e. The molecule has 1 aromatic carbocycles. The second kappa shape index (κ2) is 16.2. The molecule has 38 heavy (non-hydrogen) atoms. The summed E-state index contributed by atoms with van der Waals surface area (Å²) in [6.45, 7) is 5.16. The monoisotopic (exact) mass is 535 g/mol. The number of aliphatic carboxylic acids is 1. The van der Waals surface area contributed by atoms with Crippen LogP contribution < -0.4 is 33.2 Å². The number of rotatable bonds is 16. The Bertz CT molecular complexity index is 953. The maximum absolute atomic E-state index is 13.2. The Labute approximate surface area is 222 Å². The van der Waals surface area contributed by atoms with Gasteiger partial charge >= 0.3 is 5.97 Å². The van der Waals surface area contributed by atoms with Gasteiger partial charge in [-0.25, -0.2) is 4.79 Å². The number of aliphatic hydroxyl groups excluding tert-OH is 1. The smallest absolute Gasteiger partial charge is 0.326 e. The first-order chi connectivity index (χ1) is 17.9. The van der Waals surface area contributed by atoms with E-state index in [2.05, 4.69) is 20.9 Å². The first-order valence-corrected chi connectivity index (χ1v) is 12.5. The Morgan fingerprint density at radius 3 is 2.08 bits per heavy atom. The topological polar surface area (TPSA) is 235 Å². The van der Waals surface area contributed by atoms with Crippen molar-refractivity contribution in [3.05, 3.63) is 35.9 Å². The van der Waals surface area contributed by atoms with Crippen LogP contribution in [0.5, 0.6) is 0 Å². The van der Waals surface area contributed by atoms with Gasteiger partial charge in [-0.05, 0) is 31.2 Å². The van der Waals surface area contributed by atoms with Crippen molar-refractivity contribution in [1.82, 2.24) is 16.0 Å². The molecule has 0 fully saturated rings. The fourth-order valence-electron chi connectivity index (χ4n) is 3.52. The predicted molar refractivity (Wildman–Crippen MR) is 143 cm³/mol. The summed E-state index contributed by atoms with van der Waals surface area (Å²) in [6, 6.07) is 4.18. The van der Waals surface area contributed by atoms with Crippen LogP contribution in [0.3, 0.4) is 0 Å². The molecule has 3 amide bonds. The first-order valence-electron chi connectivity index (χ1n) is 12.5. The molecule has 0 bridgehead atoms. The van der Waals surface area contributed by atoms with Gasteiger partial charge in [-0.1, -0.05) is 50.6 Å². The highest BCUT2D eigenvalue weighted by Crippen LogP contribution is 2.09. The fraction of sp³-hybridized carbons (Fsp3) is 0.560. The van der Waals surface area contributed by atoms with Crippen molar-refractivity contribution in [1.29, 1.82) is 0 Å². The Balaban J connectivity index is 3.03. The van der Waals surface area contributed by atoms with Crippen molar-refractivity contribution in [3.8, 4) is 0 Å². The minimum atomic E-state index is -1.49. The molecule has 11 N–H and O–H groups in total. The number of nitrogens with zero attached hydrogens (tertiary/aromatic N) is 1. The van der Waals surface area contributed by atoms with E-state index in [1.807, 2.05) is 13.8 Å². The number of carbonyl (C=O) groups is 4. The Hall–Kier alpha value is -3.71. The van der Waals surface area contributed by atoms with Crippen molar-refractivity contribution >= 4 is 29.7 Å². The van der Waals surface area contributed by atoms with Crippen LogP contribution in [0.1, 0.15) is 45.6 Å². The second-order valence-electron chi connectivity index (χ2n) is 9.24. The van der Waals surface area contributed by atoms with Crippen LogP contribution >= 0.6 is 0 Å². The number of carboxylic acid groups (broad SMARTS) is 1. The van der Waals surface area contributed by atoms with E-state index in [9.17, 15) is 29.4 Å². The van der Waals surface area contributed by atoms with Crippen LogP contribution in [0.2, 0.25) is 0 Å². The molecule has 0 aliphatic heterocycles. The molecule has 0 saturated carbocycles. The van der Waals surface area contributed by atoms with Gasteiger partial charge in [-0.2, -0.15) is 0 Å². The molecule has 0 radical (unpaired) electrons. The molecule has 6 atom stereocenters. The molecule has 13 nitrogen and oxygen atoms in total. The van der Waals surface area contributed by atoms with Crippen molar-refractivity contribution in [2.75, 3.05) is 6.54 Å². The lowest BCUT2D eigenvalue weighted by atomic mass is 9.98. The number of carbonyl (C=O) groups excluding carboxylic acids is 3. The summed E-state index contributed by atoms with van der Waals surface area (Å²) in [7, 11) is 0. The third-order valence-electron chi connectivity index (χ3n) is 6.10. The van der Waals surface area contributed by atoms with E-state index in [4.69, 9.17) is 17.2 Å². The number of nitrogens with two attached hydrogens (primary N) is 3. The average Bonchev–Trinajstić information content (AvgIpc) is 2.87. The summed E-state index contributed by atoms with van der Waals surface area (Å²) in [6.07, 6.45) is -0.334. The summed E-state index contributed by atoms with van der Waals surface area (Å²) >= 11 is 0. The SMILES string of the molecule is CCC(C)C(N)C(=O)NC(Cc1ccccc1)C(=O)NC(C(=O)NC(CCCN=C(N)N)C(=O)O)C(C)O. The van der Waals surface area contributed by atoms with Gasteiger partial charge in [0.05, 0.1) is 12.1 Å². The Morgan fingerprint density at radius 1 is 0.947 bits per heavy atom. The van der Waals surface area contributed by atoms with E-state index >= 15 is 0 Å². The second-order valence-corrected chi connectivity index (χ2v) is 9.24. The van der Waals surface area contributed by atoms with E-state index in [0.29, 0.717) is 6.42 Å². The first kappa shape index (κ1) is 32.3. The number of carboxylic acids is 1. The number of aliphatic hydroxyl groups is 1. The largest absolute Gasteiger partial charge is 0.480 e. The molecule has 0 saturated heterocycles. The van der Waals surface area contributed by atoms with Gasteiger partial charge in [0, 0.05) is 13.0 Å². The maximum atomic E-state index is 13.2. The molecule has 0 aliphatic carbocycles. The van der Waals surface area contributed by atoms with Crippen molar-refractivity contribution in [2.24, 2.45) is 28.1 Å². The lowest BCUT2D eigenvalue weighted by molar-refractivity contribution is -0.143. The number of hydrogen-bond acceptors (Lipinski definition) is 7. The molecule has 6 unspecified atom stereocenters.